The molecule has 0 unspecified atom stereocenters. The van der Waals surface area contributed by atoms with Gasteiger partial charge in [-0.2, -0.15) is 0 Å². The molecule has 0 aliphatic heterocycles. The maximum Gasteiger partial charge on any atom is -0.00819 e. The maximum absolute atomic E-state index is 2.61. The zero-order valence-corrected chi connectivity index (χ0v) is 12.5. The predicted molar refractivity (Wildman–Crippen MR) is 80.9 cm³/mol. The molecular formula is C19H26. The zero-order valence-electron chi connectivity index (χ0n) is 12.5. The van der Waals surface area contributed by atoms with Gasteiger partial charge in [-0.05, 0) is 85.8 Å². The second kappa shape index (κ2) is 4.11. The lowest BCUT2D eigenvalue weighted by Gasteiger charge is -2.46. The molecule has 19 heavy (non-hydrogen) atoms. The Morgan fingerprint density at radius 2 is 2.05 bits per heavy atom. The van der Waals surface area contributed by atoms with Crippen molar-refractivity contribution in [3.8, 4) is 0 Å². The largest absolute Gasteiger partial charge is 0.0810 e. The third-order valence-electron chi connectivity index (χ3n) is 6.67. The Hall–Kier alpha value is -0.780. The van der Waals surface area contributed by atoms with Crippen molar-refractivity contribution in [2.75, 3.05) is 0 Å². The summed E-state index contributed by atoms with van der Waals surface area (Å²) in [6, 6.07) is 0. The maximum atomic E-state index is 2.61. The van der Waals surface area contributed by atoms with Crippen LogP contribution in [-0.2, 0) is 0 Å². The number of rotatable bonds is 0. The third kappa shape index (κ3) is 1.58. The summed E-state index contributed by atoms with van der Waals surface area (Å²) in [7, 11) is 0. The first-order valence-electron chi connectivity index (χ1n) is 8.31. The average molecular weight is 254 g/mol. The van der Waals surface area contributed by atoms with Gasteiger partial charge in [0.15, 0.2) is 0 Å². The molecule has 1 fully saturated rings. The fourth-order valence-corrected chi connectivity index (χ4v) is 5.45. The van der Waals surface area contributed by atoms with Crippen LogP contribution in [0.2, 0.25) is 0 Å². The molecule has 3 atom stereocenters. The van der Waals surface area contributed by atoms with Gasteiger partial charge in [-0.15, -0.1) is 0 Å². The van der Waals surface area contributed by atoms with E-state index in [1.165, 1.54) is 51.4 Å². The van der Waals surface area contributed by atoms with Crippen molar-refractivity contribution in [1.29, 1.82) is 0 Å². The van der Waals surface area contributed by atoms with E-state index in [0.29, 0.717) is 5.41 Å². The first kappa shape index (κ1) is 12.0. The highest BCUT2D eigenvalue weighted by molar-refractivity contribution is 5.49. The van der Waals surface area contributed by atoms with Crippen LogP contribution in [0.3, 0.4) is 0 Å². The van der Waals surface area contributed by atoms with Crippen molar-refractivity contribution in [2.24, 2.45) is 17.3 Å². The monoisotopic (exact) mass is 254 g/mol. The highest BCUT2D eigenvalue weighted by atomic mass is 14.5. The van der Waals surface area contributed by atoms with Crippen molar-refractivity contribution < 1.29 is 0 Å². The summed E-state index contributed by atoms with van der Waals surface area (Å²) in [4.78, 5) is 0. The molecule has 0 saturated heterocycles. The fourth-order valence-electron chi connectivity index (χ4n) is 5.45. The van der Waals surface area contributed by atoms with Gasteiger partial charge in [0, 0.05) is 0 Å². The van der Waals surface area contributed by atoms with Crippen LogP contribution < -0.4 is 0 Å². The molecule has 0 aromatic carbocycles. The molecule has 0 aromatic rings. The zero-order chi connectivity index (χ0) is 13.0. The standard InChI is InChI=1S/C19H26/c1-13-12-17-15-7-4-3-6-14(15)9-10-16(17)18-8-5-11-19(13,18)2/h6,12,16,18H,3-5,7-11H2,1-2H3/t16-,18+,19+/m1/s1. The molecule has 0 aromatic heterocycles. The van der Waals surface area contributed by atoms with E-state index in [1.54, 1.807) is 22.3 Å². The smallest absolute Gasteiger partial charge is 0.00819 e. The van der Waals surface area contributed by atoms with Gasteiger partial charge in [-0.25, -0.2) is 0 Å². The Morgan fingerprint density at radius 1 is 1.16 bits per heavy atom. The van der Waals surface area contributed by atoms with Gasteiger partial charge in [-0.3, -0.25) is 0 Å². The SMILES string of the molecule is CC1=CC2=C3CCCC=C3CC[C@H]2[C@@H]2CCC[C@@]12C. The molecule has 0 amide bonds. The summed E-state index contributed by atoms with van der Waals surface area (Å²) in [5, 5.41) is 0. The Bertz CT molecular complexity index is 502. The number of hydrogen-bond acceptors (Lipinski definition) is 0. The molecule has 0 N–H and O–H groups in total. The van der Waals surface area contributed by atoms with Crippen molar-refractivity contribution >= 4 is 0 Å². The summed E-state index contributed by atoms with van der Waals surface area (Å²) in [6.07, 6.45) is 16.3. The van der Waals surface area contributed by atoms with Gasteiger partial charge in [0.25, 0.3) is 0 Å². The van der Waals surface area contributed by atoms with E-state index < -0.39 is 0 Å². The lowest BCUT2D eigenvalue weighted by Crippen LogP contribution is -2.36. The van der Waals surface area contributed by atoms with E-state index in [-0.39, 0.29) is 0 Å². The summed E-state index contributed by atoms with van der Waals surface area (Å²) >= 11 is 0. The van der Waals surface area contributed by atoms with Crippen molar-refractivity contribution in [3.05, 3.63) is 34.4 Å². The van der Waals surface area contributed by atoms with Crippen LogP contribution in [0, 0.1) is 17.3 Å². The molecule has 0 bridgehead atoms. The first-order chi connectivity index (χ1) is 9.20. The Labute approximate surface area is 117 Å². The molecule has 4 aliphatic carbocycles. The van der Waals surface area contributed by atoms with E-state index in [1.807, 2.05) is 0 Å². The summed E-state index contributed by atoms with van der Waals surface area (Å²) < 4.78 is 0. The molecule has 1 saturated carbocycles. The van der Waals surface area contributed by atoms with Gasteiger partial charge in [-0.1, -0.05) is 31.1 Å². The summed E-state index contributed by atoms with van der Waals surface area (Å²) in [6.45, 7) is 4.95. The third-order valence-corrected chi connectivity index (χ3v) is 6.67. The molecule has 0 heterocycles. The molecule has 0 nitrogen and oxygen atoms in total. The van der Waals surface area contributed by atoms with Gasteiger partial charge in [0.05, 0.1) is 0 Å². The van der Waals surface area contributed by atoms with E-state index in [2.05, 4.69) is 26.0 Å². The van der Waals surface area contributed by atoms with Gasteiger partial charge in [0.1, 0.15) is 0 Å². The van der Waals surface area contributed by atoms with Crippen molar-refractivity contribution in [3.63, 3.8) is 0 Å². The highest BCUT2D eigenvalue weighted by Gasteiger charge is 2.48. The van der Waals surface area contributed by atoms with Crippen LogP contribution in [0.1, 0.15) is 65.2 Å². The van der Waals surface area contributed by atoms with Crippen LogP contribution in [0.15, 0.2) is 34.4 Å². The summed E-state index contributed by atoms with van der Waals surface area (Å²) in [5.41, 5.74) is 7.45. The van der Waals surface area contributed by atoms with Crippen LogP contribution in [-0.4, -0.2) is 0 Å². The van der Waals surface area contributed by atoms with Crippen LogP contribution in [0.25, 0.3) is 0 Å². The van der Waals surface area contributed by atoms with Crippen molar-refractivity contribution in [2.45, 2.75) is 65.2 Å². The lowest BCUT2D eigenvalue weighted by atomic mass is 9.58. The van der Waals surface area contributed by atoms with Gasteiger partial charge >= 0.3 is 0 Å². The minimum Gasteiger partial charge on any atom is -0.0810 e. The Balaban J connectivity index is 1.87. The average Bonchev–Trinajstić information content (AvgIpc) is 2.83. The minimum atomic E-state index is 0.532. The second-order valence-electron chi connectivity index (χ2n) is 7.44. The first-order valence-corrected chi connectivity index (χ1v) is 8.31. The molecule has 0 spiro atoms. The highest BCUT2D eigenvalue weighted by Crippen LogP contribution is 2.59. The quantitative estimate of drug-likeness (QED) is 0.530. The minimum absolute atomic E-state index is 0.532. The Kier molecular flexibility index (Phi) is 2.59. The molecule has 4 aliphatic rings. The van der Waals surface area contributed by atoms with E-state index in [4.69, 9.17) is 0 Å². The lowest BCUT2D eigenvalue weighted by molar-refractivity contribution is 0.195. The fraction of sp³-hybridized carbons (Fsp3) is 0.684. The molecule has 0 radical (unpaired) electrons. The Morgan fingerprint density at radius 3 is 2.95 bits per heavy atom. The van der Waals surface area contributed by atoms with E-state index in [9.17, 15) is 0 Å². The van der Waals surface area contributed by atoms with Crippen LogP contribution >= 0.6 is 0 Å². The molecule has 0 heteroatoms. The topological polar surface area (TPSA) is 0 Å². The van der Waals surface area contributed by atoms with Crippen LogP contribution in [0.4, 0.5) is 0 Å². The molecule has 4 rings (SSSR count). The number of hydrogen-bond donors (Lipinski definition) is 0. The normalized spacial score (nSPS) is 41.2. The van der Waals surface area contributed by atoms with Gasteiger partial charge in [0.2, 0.25) is 0 Å². The second-order valence-corrected chi connectivity index (χ2v) is 7.44. The van der Waals surface area contributed by atoms with Crippen molar-refractivity contribution in [1.82, 2.24) is 0 Å². The van der Waals surface area contributed by atoms with E-state index >= 15 is 0 Å². The number of allylic oxidation sites excluding steroid dienone is 6. The predicted octanol–water partition coefficient (Wildman–Crippen LogP) is 5.57. The number of fused-ring (bicyclic) bond motifs is 4. The van der Waals surface area contributed by atoms with E-state index in [0.717, 1.165) is 11.8 Å². The summed E-state index contributed by atoms with van der Waals surface area (Å²) in [5.74, 6) is 1.84. The molecular weight excluding hydrogens is 228 g/mol. The van der Waals surface area contributed by atoms with Gasteiger partial charge < -0.3 is 0 Å². The molecule has 102 valence electrons. The van der Waals surface area contributed by atoms with Crippen LogP contribution in [0.5, 0.6) is 0 Å².